The number of aryl methyl sites for hydroxylation is 1. The summed E-state index contributed by atoms with van der Waals surface area (Å²) in [5.74, 6) is 0.599. The van der Waals surface area contributed by atoms with E-state index >= 15 is 0 Å². The first-order valence-electron chi connectivity index (χ1n) is 9.73. The minimum absolute atomic E-state index is 0.0684. The van der Waals surface area contributed by atoms with Crippen LogP contribution in [0.2, 0.25) is 0 Å². The molecule has 3 aromatic rings. The topological polar surface area (TPSA) is 50.2 Å². The number of nitrogens with one attached hydrogen (secondary N) is 1. The van der Waals surface area contributed by atoms with E-state index in [-0.39, 0.29) is 5.91 Å². The van der Waals surface area contributed by atoms with Gasteiger partial charge < -0.3 is 5.32 Å². The second-order valence-electron chi connectivity index (χ2n) is 7.19. The van der Waals surface area contributed by atoms with Crippen LogP contribution in [-0.4, -0.2) is 40.2 Å². The lowest BCUT2D eigenvalue weighted by Gasteiger charge is -2.15. The Bertz CT molecular complexity index is 918. The zero-order valence-electron chi connectivity index (χ0n) is 15.8. The molecule has 4 rings (SSSR count). The van der Waals surface area contributed by atoms with Crippen molar-refractivity contribution < 1.29 is 4.79 Å². The number of rotatable bonds is 6. The number of fused-ring (bicyclic) bond motifs is 1. The molecule has 0 unspecified atom stereocenters. The molecule has 0 bridgehead atoms. The molecule has 5 nitrogen and oxygen atoms in total. The summed E-state index contributed by atoms with van der Waals surface area (Å²) in [6, 6.07) is 18.8. The van der Waals surface area contributed by atoms with Crippen LogP contribution in [0.5, 0.6) is 0 Å². The largest absolute Gasteiger partial charge is 0.349 e. The molecule has 1 aliphatic heterocycles. The van der Waals surface area contributed by atoms with Crippen molar-refractivity contribution in [1.29, 1.82) is 0 Å². The zero-order valence-corrected chi connectivity index (χ0v) is 15.8. The van der Waals surface area contributed by atoms with Gasteiger partial charge >= 0.3 is 0 Å². The standard InChI is InChI=1S/C22H26N4O/c1-2-26-21-11-7-6-10-19(21)20(24-26)14-23-22(27)16-25-13-12-18(15-25)17-8-4-3-5-9-17/h3-11,18H,2,12-16H2,1H3,(H,23,27)/t18-/m1/s1. The molecule has 5 heteroatoms. The molecule has 1 saturated heterocycles. The van der Waals surface area contributed by atoms with Gasteiger partial charge in [0.1, 0.15) is 0 Å². The molecular formula is C22H26N4O. The molecule has 0 aliphatic carbocycles. The maximum absolute atomic E-state index is 12.4. The van der Waals surface area contributed by atoms with E-state index in [9.17, 15) is 4.79 Å². The van der Waals surface area contributed by atoms with Crippen LogP contribution in [-0.2, 0) is 17.9 Å². The van der Waals surface area contributed by atoms with Crippen LogP contribution in [0.4, 0.5) is 0 Å². The number of hydrogen-bond donors (Lipinski definition) is 1. The number of carbonyl (C=O) groups excluding carboxylic acids is 1. The molecule has 140 valence electrons. The Morgan fingerprint density at radius 2 is 1.93 bits per heavy atom. The van der Waals surface area contributed by atoms with E-state index in [1.165, 1.54) is 5.56 Å². The first-order valence-corrected chi connectivity index (χ1v) is 9.73. The summed E-state index contributed by atoms with van der Waals surface area (Å²) in [6.45, 7) is 5.75. The summed E-state index contributed by atoms with van der Waals surface area (Å²) in [7, 11) is 0. The average Bonchev–Trinajstić information content (AvgIpc) is 3.32. The predicted molar refractivity (Wildman–Crippen MR) is 107 cm³/mol. The van der Waals surface area contributed by atoms with Crippen molar-refractivity contribution in [2.75, 3.05) is 19.6 Å². The van der Waals surface area contributed by atoms with Crippen LogP contribution < -0.4 is 5.32 Å². The number of aromatic nitrogens is 2. The Balaban J connectivity index is 1.33. The van der Waals surface area contributed by atoms with E-state index in [0.717, 1.165) is 42.7 Å². The number of likely N-dealkylation sites (tertiary alicyclic amines) is 1. The Hall–Kier alpha value is -2.66. The minimum atomic E-state index is 0.0684. The van der Waals surface area contributed by atoms with Gasteiger partial charge in [0.25, 0.3) is 0 Å². The van der Waals surface area contributed by atoms with E-state index in [4.69, 9.17) is 0 Å². The van der Waals surface area contributed by atoms with Gasteiger partial charge in [0.05, 0.1) is 24.3 Å². The van der Waals surface area contributed by atoms with Crippen LogP contribution in [0.15, 0.2) is 54.6 Å². The number of hydrogen-bond acceptors (Lipinski definition) is 3. The molecule has 1 amide bonds. The molecule has 0 spiro atoms. The Morgan fingerprint density at radius 1 is 1.15 bits per heavy atom. The summed E-state index contributed by atoms with van der Waals surface area (Å²) >= 11 is 0. The van der Waals surface area contributed by atoms with Crippen molar-refractivity contribution in [3.8, 4) is 0 Å². The highest BCUT2D eigenvalue weighted by atomic mass is 16.2. The van der Waals surface area contributed by atoms with E-state index in [2.05, 4.69) is 58.6 Å². The van der Waals surface area contributed by atoms with Crippen molar-refractivity contribution >= 4 is 16.8 Å². The van der Waals surface area contributed by atoms with Crippen LogP contribution in [0.1, 0.15) is 30.5 Å². The summed E-state index contributed by atoms with van der Waals surface area (Å²) in [5, 5.41) is 8.82. The predicted octanol–water partition coefficient (Wildman–Crippen LogP) is 3.16. The molecule has 27 heavy (non-hydrogen) atoms. The Morgan fingerprint density at radius 3 is 2.74 bits per heavy atom. The third kappa shape index (κ3) is 3.88. The smallest absolute Gasteiger partial charge is 0.234 e. The molecule has 1 aliphatic rings. The van der Waals surface area contributed by atoms with Crippen LogP contribution in [0.3, 0.4) is 0 Å². The van der Waals surface area contributed by atoms with Crippen molar-refractivity contribution in [2.45, 2.75) is 32.4 Å². The lowest BCUT2D eigenvalue weighted by Crippen LogP contribution is -2.35. The second-order valence-corrected chi connectivity index (χ2v) is 7.19. The van der Waals surface area contributed by atoms with Gasteiger partial charge in [-0.2, -0.15) is 5.10 Å². The molecule has 1 N–H and O–H groups in total. The fraction of sp³-hybridized carbons (Fsp3) is 0.364. The van der Waals surface area contributed by atoms with Crippen molar-refractivity contribution in [2.24, 2.45) is 0 Å². The Labute approximate surface area is 160 Å². The fourth-order valence-corrected chi connectivity index (χ4v) is 3.98. The van der Waals surface area contributed by atoms with Gasteiger partial charge in [0, 0.05) is 18.5 Å². The number of amides is 1. The highest BCUT2D eigenvalue weighted by Crippen LogP contribution is 2.26. The first kappa shape index (κ1) is 17.7. The van der Waals surface area contributed by atoms with E-state index in [1.54, 1.807) is 0 Å². The SMILES string of the molecule is CCn1nc(CNC(=O)CN2CC[C@@H](c3ccccc3)C2)c2ccccc21. The molecule has 0 saturated carbocycles. The normalized spacial score (nSPS) is 17.4. The third-order valence-electron chi connectivity index (χ3n) is 5.40. The number of carbonyl (C=O) groups is 1. The van der Waals surface area contributed by atoms with E-state index < -0.39 is 0 Å². The highest BCUT2D eigenvalue weighted by Gasteiger charge is 2.25. The van der Waals surface area contributed by atoms with E-state index in [1.807, 2.05) is 22.9 Å². The van der Waals surface area contributed by atoms with Crippen molar-refractivity contribution in [3.63, 3.8) is 0 Å². The van der Waals surface area contributed by atoms with Gasteiger partial charge in [-0.1, -0.05) is 48.5 Å². The first-order chi connectivity index (χ1) is 13.2. The summed E-state index contributed by atoms with van der Waals surface area (Å²) in [5.41, 5.74) is 3.43. The lowest BCUT2D eigenvalue weighted by molar-refractivity contribution is -0.122. The molecular weight excluding hydrogens is 336 g/mol. The van der Waals surface area contributed by atoms with Gasteiger partial charge in [-0.25, -0.2) is 0 Å². The third-order valence-corrected chi connectivity index (χ3v) is 5.40. The molecule has 1 fully saturated rings. The average molecular weight is 362 g/mol. The van der Waals surface area contributed by atoms with Crippen LogP contribution in [0.25, 0.3) is 10.9 Å². The highest BCUT2D eigenvalue weighted by molar-refractivity contribution is 5.83. The summed E-state index contributed by atoms with van der Waals surface area (Å²) in [6.07, 6.45) is 1.11. The van der Waals surface area contributed by atoms with E-state index in [0.29, 0.717) is 19.0 Å². The number of nitrogens with zero attached hydrogens (tertiary/aromatic N) is 3. The molecule has 1 atom stereocenters. The summed E-state index contributed by atoms with van der Waals surface area (Å²) < 4.78 is 1.99. The summed E-state index contributed by atoms with van der Waals surface area (Å²) in [4.78, 5) is 14.7. The number of benzene rings is 2. The fourth-order valence-electron chi connectivity index (χ4n) is 3.98. The maximum atomic E-state index is 12.4. The molecule has 1 aromatic heterocycles. The van der Waals surface area contributed by atoms with Crippen LogP contribution in [0, 0.1) is 0 Å². The van der Waals surface area contributed by atoms with Gasteiger partial charge in [-0.05, 0) is 37.4 Å². The number of para-hydroxylation sites is 1. The van der Waals surface area contributed by atoms with Crippen molar-refractivity contribution in [3.05, 3.63) is 65.9 Å². The van der Waals surface area contributed by atoms with Gasteiger partial charge in [-0.15, -0.1) is 0 Å². The van der Waals surface area contributed by atoms with Crippen LogP contribution >= 0.6 is 0 Å². The molecule has 2 aromatic carbocycles. The molecule has 2 heterocycles. The lowest BCUT2D eigenvalue weighted by atomic mass is 9.99. The monoisotopic (exact) mass is 362 g/mol. The van der Waals surface area contributed by atoms with Gasteiger partial charge in [-0.3, -0.25) is 14.4 Å². The Kier molecular flexibility index (Phi) is 5.21. The van der Waals surface area contributed by atoms with Crippen molar-refractivity contribution in [1.82, 2.24) is 20.0 Å². The van der Waals surface area contributed by atoms with Gasteiger partial charge in [0.15, 0.2) is 0 Å². The van der Waals surface area contributed by atoms with Gasteiger partial charge in [0.2, 0.25) is 5.91 Å². The molecule has 0 radical (unpaired) electrons. The quantitative estimate of drug-likeness (QED) is 0.733. The zero-order chi connectivity index (χ0) is 18.6. The maximum Gasteiger partial charge on any atom is 0.234 e. The minimum Gasteiger partial charge on any atom is -0.349 e. The second kappa shape index (κ2) is 7.92.